The zero-order chi connectivity index (χ0) is 14.4. The lowest BCUT2D eigenvalue weighted by Crippen LogP contribution is -2.56. The summed E-state index contributed by atoms with van der Waals surface area (Å²) in [7, 11) is 1.33. The highest BCUT2D eigenvalue weighted by Crippen LogP contribution is 2.06. The molecule has 6 nitrogen and oxygen atoms in total. The first-order chi connectivity index (χ1) is 9.70. The number of nitrogens with zero attached hydrogens (tertiary/aromatic N) is 1. The Bertz CT molecular complexity index is 464. The van der Waals surface area contributed by atoms with E-state index in [-0.39, 0.29) is 19.1 Å². The minimum atomic E-state index is -0.488. The molecule has 1 amide bonds. The van der Waals surface area contributed by atoms with E-state index >= 15 is 0 Å². The van der Waals surface area contributed by atoms with Crippen LogP contribution < -0.4 is 5.32 Å². The molecule has 1 saturated heterocycles. The van der Waals surface area contributed by atoms with Gasteiger partial charge in [0.25, 0.3) is 0 Å². The summed E-state index contributed by atoms with van der Waals surface area (Å²) in [4.78, 5) is 24.9. The van der Waals surface area contributed by atoms with E-state index in [0.29, 0.717) is 13.1 Å². The van der Waals surface area contributed by atoms with Crippen LogP contribution in [0.25, 0.3) is 0 Å². The number of ether oxygens (including phenoxy) is 2. The smallest absolute Gasteiger partial charge is 0.410 e. The average molecular weight is 278 g/mol. The van der Waals surface area contributed by atoms with Crippen LogP contribution in [0.1, 0.15) is 5.56 Å². The molecule has 0 spiro atoms. The first-order valence-electron chi connectivity index (χ1n) is 6.47. The standard InChI is InChI=1S/C14H18N2O4/c1-19-13(17)12-9-16(8-7-15-12)14(18)20-10-11-5-3-2-4-6-11/h2-6,12,15H,7-10H2,1H3. The molecule has 1 fully saturated rings. The van der Waals surface area contributed by atoms with Crippen molar-refractivity contribution in [1.82, 2.24) is 10.2 Å². The van der Waals surface area contributed by atoms with E-state index in [0.717, 1.165) is 5.56 Å². The normalized spacial score (nSPS) is 18.4. The van der Waals surface area contributed by atoms with Crippen LogP contribution in [-0.2, 0) is 20.9 Å². The summed E-state index contributed by atoms with van der Waals surface area (Å²) >= 11 is 0. The minimum Gasteiger partial charge on any atom is -0.468 e. The second-order valence-corrected chi connectivity index (χ2v) is 4.52. The van der Waals surface area contributed by atoms with E-state index in [1.54, 1.807) is 0 Å². The molecule has 2 rings (SSSR count). The Labute approximate surface area is 117 Å². The van der Waals surface area contributed by atoms with Gasteiger partial charge in [-0.25, -0.2) is 4.79 Å². The molecule has 0 radical (unpaired) electrons. The van der Waals surface area contributed by atoms with Crippen LogP contribution >= 0.6 is 0 Å². The summed E-state index contributed by atoms with van der Waals surface area (Å²) in [6, 6.07) is 8.98. The Kier molecular flexibility index (Phi) is 4.95. The van der Waals surface area contributed by atoms with Crippen molar-refractivity contribution in [3.63, 3.8) is 0 Å². The largest absolute Gasteiger partial charge is 0.468 e. The van der Waals surface area contributed by atoms with Crippen LogP contribution in [0.15, 0.2) is 30.3 Å². The Morgan fingerprint density at radius 2 is 2.10 bits per heavy atom. The van der Waals surface area contributed by atoms with E-state index in [1.165, 1.54) is 12.0 Å². The van der Waals surface area contributed by atoms with E-state index in [9.17, 15) is 9.59 Å². The van der Waals surface area contributed by atoms with Crippen LogP contribution in [0.3, 0.4) is 0 Å². The van der Waals surface area contributed by atoms with Crippen molar-refractivity contribution in [3.05, 3.63) is 35.9 Å². The summed E-state index contributed by atoms with van der Waals surface area (Å²) < 4.78 is 9.90. The number of piperazine rings is 1. The lowest BCUT2D eigenvalue weighted by atomic mass is 10.2. The average Bonchev–Trinajstić information content (AvgIpc) is 2.53. The van der Waals surface area contributed by atoms with Gasteiger partial charge in [0.2, 0.25) is 0 Å². The fraction of sp³-hybridized carbons (Fsp3) is 0.429. The Morgan fingerprint density at radius 3 is 2.80 bits per heavy atom. The van der Waals surface area contributed by atoms with Crippen molar-refractivity contribution < 1.29 is 19.1 Å². The second kappa shape index (κ2) is 6.91. The van der Waals surface area contributed by atoms with Crippen molar-refractivity contribution in [2.45, 2.75) is 12.6 Å². The number of rotatable bonds is 3. The molecule has 6 heteroatoms. The first-order valence-corrected chi connectivity index (χ1v) is 6.47. The van der Waals surface area contributed by atoms with Crippen molar-refractivity contribution >= 4 is 12.1 Å². The van der Waals surface area contributed by atoms with Crippen molar-refractivity contribution in [3.8, 4) is 0 Å². The SMILES string of the molecule is COC(=O)C1CN(C(=O)OCc2ccccc2)CCN1. The molecule has 20 heavy (non-hydrogen) atoms. The van der Waals surface area contributed by atoms with Crippen molar-refractivity contribution in [2.24, 2.45) is 0 Å². The molecule has 0 aliphatic carbocycles. The summed E-state index contributed by atoms with van der Waals surface area (Å²) in [5.74, 6) is -0.370. The molecule has 0 bridgehead atoms. The number of methoxy groups -OCH3 is 1. The van der Waals surface area contributed by atoms with Crippen molar-refractivity contribution in [2.75, 3.05) is 26.7 Å². The van der Waals surface area contributed by atoms with Crippen LogP contribution in [0.5, 0.6) is 0 Å². The molecule has 1 aromatic rings. The molecular formula is C14H18N2O4. The summed E-state index contributed by atoms with van der Waals surface area (Å²) in [5.41, 5.74) is 0.931. The fourth-order valence-electron chi connectivity index (χ4n) is 2.03. The van der Waals surface area contributed by atoms with Gasteiger partial charge in [0, 0.05) is 13.1 Å². The molecule has 1 heterocycles. The number of hydrogen-bond donors (Lipinski definition) is 1. The van der Waals surface area contributed by atoms with Crippen LogP contribution in [0.2, 0.25) is 0 Å². The van der Waals surface area contributed by atoms with Gasteiger partial charge < -0.3 is 19.7 Å². The lowest BCUT2D eigenvalue weighted by molar-refractivity contribution is -0.144. The van der Waals surface area contributed by atoms with Gasteiger partial charge in [0.05, 0.1) is 13.7 Å². The summed E-state index contributed by atoms with van der Waals surface area (Å²) in [6.07, 6.45) is -0.413. The first kappa shape index (κ1) is 14.3. The van der Waals surface area contributed by atoms with E-state index < -0.39 is 12.1 Å². The molecule has 1 atom stereocenters. The molecular weight excluding hydrogens is 260 g/mol. The zero-order valence-corrected chi connectivity index (χ0v) is 11.4. The van der Waals surface area contributed by atoms with Gasteiger partial charge >= 0.3 is 12.1 Å². The van der Waals surface area contributed by atoms with E-state index in [1.807, 2.05) is 30.3 Å². The molecule has 1 N–H and O–H groups in total. The number of hydrogen-bond acceptors (Lipinski definition) is 5. The Morgan fingerprint density at radius 1 is 1.35 bits per heavy atom. The third-order valence-corrected chi connectivity index (χ3v) is 3.12. The minimum absolute atomic E-state index is 0.229. The fourth-order valence-corrected chi connectivity index (χ4v) is 2.03. The zero-order valence-electron chi connectivity index (χ0n) is 11.4. The van der Waals surface area contributed by atoms with Gasteiger partial charge in [-0.15, -0.1) is 0 Å². The third kappa shape index (κ3) is 3.71. The number of carbonyl (C=O) groups excluding carboxylic acids is 2. The molecule has 1 aliphatic rings. The van der Waals surface area contributed by atoms with E-state index in [4.69, 9.17) is 4.74 Å². The van der Waals surface area contributed by atoms with Crippen LogP contribution in [0.4, 0.5) is 4.79 Å². The van der Waals surface area contributed by atoms with Gasteiger partial charge in [-0.3, -0.25) is 4.79 Å². The van der Waals surface area contributed by atoms with Crippen LogP contribution in [0, 0.1) is 0 Å². The maximum Gasteiger partial charge on any atom is 0.410 e. The topological polar surface area (TPSA) is 67.9 Å². The molecule has 0 saturated carbocycles. The Hall–Kier alpha value is -2.08. The summed E-state index contributed by atoms with van der Waals surface area (Å²) in [6.45, 7) is 1.55. The van der Waals surface area contributed by atoms with Gasteiger partial charge in [-0.1, -0.05) is 30.3 Å². The maximum absolute atomic E-state index is 12.0. The lowest BCUT2D eigenvalue weighted by Gasteiger charge is -2.31. The predicted octanol–water partition coefficient (Wildman–Crippen LogP) is 0.770. The molecule has 0 aromatic heterocycles. The Balaban J connectivity index is 1.84. The van der Waals surface area contributed by atoms with Gasteiger partial charge in [-0.2, -0.15) is 0 Å². The number of amides is 1. The van der Waals surface area contributed by atoms with E-state index in [2.05, 4.69) is 10.1 Å². The van der Waals surface area contributed by atoms with Gasteiger partial charge in [-0.05, 0) is 5.56 Å². The number of esters is 1. The predicted molar refractivity (Wildman–Crippen MR) is 72.0 cm³/mol. The quantitative estimate of drug-likeness (QED) is 0.827. The van der Waals surface area contributed by atoms with Gasteiger partial charge in [0.1, 0.15) is 12.6 Å². The molecule has 1 aliphatic heterocycles. The maximum atomic E-state index is 12.0. The third-order valence-electron chi connectivity index (χ3n) is 3.12. The van der Waals surface area contributed by atoms with Crippen molar-refractivity contribution in [1.29, 1.82) is 0 Å². The summed E-state index contributed by atoms with van der Waals surface area (Å²) in [5, 5.41) is 3.00. The highest BCUT2D eigenvalue weighted by molar-refractivity contribution is 5.77. The molecule has 1 unspecified atom stereocenters. The monoisotopic (exact) mass is 278 g/mol. The number of benzene rings is 1. The number of nitrogens with one attached hydrogen (secondary N) is 1. The highest BCUT2D eigenvalue weighted by atomic mass is 16.6. The van der Waals surface area contributed by atoms with Gasteiger partial charge in [0.15, 0.2) is 0 Å². The molecule has 1 aromatic carbocycles. The molecule has 108 valence electrons. The van der Waals surface area contributed by atoms with Crippen LogP contribution in [-0.4, -0.2) is 49.7 Å². The second-order valence-electron chi connectivity index (χ2n) is 4.52. The number of carbonyl (C=O) groups is 2. The highest BCUT2D eigenvalue weighted by Gasteiger charge is 2.29.